The highest BCUT2D eigenvalue weighted by atomic mass is 19.1. The Balaban J connectivity index is 0.00000137. The molecule has 102 valence electrons. The van der Waals surface area contributed by atoms with Crippen LogP contribution in [0.25, 0.3) is 0 Å². The molecular weight excluding hydrogens is 235 g/mol. The number of halogens is 1. The SMILES string of the molecule is CC.Cc1cc(F)cc(C(=O)OC(C)(C)C)c1O. The second kappa shape index (κ2) is 6.38. The Morgan fingerprint density at radius 2 is 1.78 bits per heavy atom. The number of ether oxygens (including phenoxy) is 1. The van der Waals surface area contributed by atoms with Crippen molar-refractivity contribution < 1.29 is 19.0 Å². The van der Waals surface area contributed by atoms with Gasteiger partial charge in [0.2, 0.25) is 0 Å². The number of carbonyl (C=O) groups excluding carboxylic acids is 1. The molecule has 0 heterocycles. The first-order valence-electron chi connectivity index (χ1n) is 5.93. The van der Waals surface area contributed by atoms with Gasteiger partial charge < -0.3 is 9.84 Å². The van der Waals surface area contributed by atoms with E-state index in [0.717, 1.165) is 12.1 Å². The molecule has 0 atom stereocenters. The van der Waals surface area contributed by atoms with Gasteiger partial charge in [0.1, 0.15) is 22.7 Å². The topological polar surface area (TPSA) is 46.5 Å². The Bertz CT molecular complexity index is 420. The van der Waals surface area contributed by atoms with Gasteiger partial charge in [0, 0.05) is 0 Å². The van der Waals surface area contributed by atoms with E-state index in [9.17, 15) is 14.3 Å². The highest BCUT2D eigenvalue weighted by Crippen LogP contribution is 2.25. The zero-order chi connectivity index (χ0) is 14.5. The fraction of sp³-hybridized carbons (Fsp3) is 0.500. The molecule has 0 saturated heterocycles. The van der Waals surface area contributed by atoms with Crippen LogP contribution in [0.15, 0.2) is 12.1 Å². The van der Waals surface area contributed by atoms with Crippen LogP contribution >= 0.6 is 0 Å². The summed E-state index contributed by atoms with van der Waals surface area (Å²) < 4.78 is 18.1. The Morgan fingerprint density at radius 3 is 2.22 bits per heavy atom. The van der Waals surface area contributed by atoms with Gasteiger partial charge in [-0.15, -0.1) is 0 Å². The van der Waals surface area contributed by atoms with Crippen molar-refractivity contribution in [3.05, 3.63) is 29.1 Å². The van der Waals surface area contributed by atoms with Gasteiger partial charge in [0.15, 0.2) is 0 Å². The van der Waals surface area contributed by atoms with Crippen LogP contribution in [0.5, 0.6) is 5.75 Å². The zero-order valence-corrected chi connectivity index (χ0v) is 11.8. The first kappa shape index (κ1) is 16.4. The Hall–Kier alpha value is -1.58. The van der Waals surface area contributed by atoms with Crippen LogP contribution in [0.4, 0.5) is 4.39 Å². The number of esters is 1. The molecule has 3 nitrogen and oxygen atoms in total. The molecule has 1 N–H and O–H groups in total. The molecular formula is C14H21FO3. The lowest BCUT2D eigenvalue weighted by Gasteiger charge is -2.20. The molecule has 0 aliphatic heterocycles. The number of rotatable bonds is 1. The summed E-state index contributed by atoms with van der Waals surface area (Å²) in [6.45, 7) is 10.6. The number of aromatic hydroxyl groups is 1. The number of hydrogen-bond donors (Lipinski definition) is 1. The minimum absolute atomic E-state index is 0.146. The second-order valence-electron chi connectivity index (χ2n) is 4.62. The minimum Gasteiger partial charge on any atom is -0.507 e. The van der Waals surface area contributed by atoms with Crippen molar-refractivity contribution >= 4 is 5.97 Å². The summed E-state index contributed by atoms with van der Waals surface area (Å²) in [7, 11) is 0. The number of aryl methyl sites for hydroxylation is 1. The molecule has 0 fully saturated rings. The van der Waals surface area contributed by atoms with E-state index in [4.69, 9.17) is 4.74 Å². The van der Waals surface area contributed by atoms with Crippen molar-refractivity contribution in [2.24, 2.45) is 0 Å². The summed E-state index contributed by atoms with van der Waals surface area (Å²) in [5.74, 6) is -1.54. The standard InChI is InChI=1S/C12H15FO3.C2H6/c1-7-5-8(13)6-9(10(7)14)11(15)16-12(2,3)4;1-2/h5-6,14H,1-4H3;1-2H3. The van der Waals surface area contributed by atoms with Crippen LogP contribution in [0.3, 0.4) is 0 Å². The van der Waals surface area contributed by atoms with Crippen LogP contribution in [0, 0.1) is 12.7 Å². The van der Waals surface area contributed by atoms with Crippen molar-refractivity contribution in [3.8, 4) is 5.75 Å². The Morgan fingerprint density at radius 1 is 1.28 bits per heavy atom. The Kier molecular flexibility index (Phi) is 5.82. The molecule has 1 aromatic rings. The number of phenols is 1. The van der Waals surface area contributed by atoms with Crippen LogP contribution < -0.4 is 0 Å². The summed E-state index contributed by atoms with van der Waals surface area (Å²) in [5, 5.41) is 9.62. The molecule has 0 unspecified atom stereocenters. The van der Waals surface area contributed by atoms with Gasteiger partial charge in [-0.25, -0.2) is 9.18 Å². The maximum atomic E-state index is 13.1. The third kappa shape index (κ3) is 4.73. The molecule has 0 aliphatic rings. The lowest BCUT2D eigenvalue weighted by Crippen LogP contribution is -2.24. The van der Waals surface area contributed by atoms with Crippen molar-refractivity contribution in [2.45, 2.75) is 47.1 Å². The molecule has 0 aromatic heterocycles. The summed E-state index contributed by atoms with van der Waals surface area (Å²) >= 11 is 0. The zero-order valence-electron chi connectivity index (χ0n) is 11.8. The second-order valence-corrected chi connectivity index (χ2v) is 4.62. The highest BCUT2D eigenvalue weighted by molar-refractivity contribution is 5.93. The monoisotopic (exact) mass is 256 g/mol. The maximum absolute atomic E-state index is 13.1. The lowest BCUT2D eigenvalue weighted by molar-refractivity contribution is 0.00661. The van der Waals surface area contributed by atoms with E-state index in [1.807, 2.05) is 13.8 Å². The van der Waals surface area contributed by atoms with E-state index < -0.39 is 17.4 Å². The third-order valence-corrected chi connectivity index (χ3v) is 1.88. The molecule has 4 heteroatoms. The van der Waals surface area contributed by atoms with E-state index in [0.29, 0.717) is 5.56 Å². The average Bonchev–Trinajstić information content (AvgIpc) is 2.23. The number of phenolic OH excluding ortho intramolecular Hbond substituents is 1. The predicted molar refractivity (Wildman–Crippen MR) is 69.3 cm³/mol. The largest absolute Gasteiger partial charge is 0.507 e. The quantitative estimate of drug-likeness (QED) is 0.777. The van der Waals surface area contributed by atoms with Crippen molar-refractivity contribution in [1.29, 1.82) is 0 Å². The number of benzene rings is 1. The Labute approximate surface area is 108 Å². The maximum Gasteiger partial charge on any atom is 0.342 e. The van der Waals surface area contributed by atoms with Crippen LogP contribution in [-0.4, -0.2) is 16.7 Å². The van der Waals surface area contributed by atoms with Gasteiger partial charge in [-0.1, -0.05) is 13.8 Å². The number of hydrogen-bond acceptors (Lipinski definition) is 3. The molecule has 0 radical (unpaired) electrons. The fourth-order valence-electron chi connectivity index (χ4n) is 1.22. The van der Waals surface area contributed by atoms with E-state index in [1.165, 1.54) is 6.92 Å². The molecule has 0 spiro atoms. The van der Waals surface area contributed by atoms with E-state index in [-0.39, 0.29) is 11.3 Å². The van der Waals surface area contributed by atoms with Gasteiger partial charge in [0.25, 0.3) is 0 Å². The summed E-state index contributed by atoms with van der Waals surface area (Å²) in [6, 6.07) is 2.12. The summed E-state index contributed by atoms with van der Waals surface area (Å²) in [4.78, 5) is 11.6. The fourth-order valence-corrected chi connectivity index (χ4v) is 1.22. The third-order valence-electron chi connectivity index (χ3n) is 1.88. The van der Waals surface area contributed by atoms with Crippen LogP contribution in [-0.2, 0) is 4.74 Å². The van der Waals surface area contributed by atoms with Crippen molar-refractivity contribution in [1.82, 2.24) is 0 Å². The van der Waals surface area contributed by atoms with Crippen LogP contribution in [0.1, 0.15) is 50.5 Å². The molecule has 0 aliphatic carbocycles. The first-order chi connectivity index (χ1) is 8.20. The van der Waals surface area contributed by atoms with Gasteiger partial charge in [-0.05, 0) is 45.4 Å². The minimum atomic E-state index is -0.729. The van der Waals surface area contributed by atoms with Crippen molar-refractivity contribution in [2.75, 3.05) is 0 Å². The van der Waals surface area contributed by atoms with E-state index in [2.05, 4.69) is 0 Å². The normalized spacial score (nSPS) is 10.4. The highest BCUT2D eigenvalue weighted by Gasteiger charge is 2.21. The van der Waals surface area contributed by atoms with Gasteiger partial charge in [-0.3, -0.25) is 0 Å². The molecule has 0 bridgehead atoms. The van der Waals surface area contributed by atoms with Crippen LogP contribution in [0.2, 0.25) is 0 Å². The number of carbonyl (C=O) groups is 1. The smallest absolute Gasteiger partial charge is 0.342 e. The molecule has 1 rings (SSSR count). The molecule has 18 heavy (non-hydrogen) atoms. The van der Waals surface area contributed by atoms with E-state index in [1.54, 1.807) is 20.8 Å². The van der Waals surface area contributed by atoms with Gasteiger partial charge in [-0.2, -0.15) is 0 Å². The van der Waals surface area contributed by atoms with Gasteiger partial charge in [0.05, 0.1) is 0 Å². The molecule has 1 aromatic carbocycles. The summed E-state index contributed by atoms with van der Waals surface area (Å²) in [5.41, 5.74) is -0.516. The van der Waals surface area contributed by atoms with Gasteiger partial charge >= 0.3 is 5.97 Å². The van der Waals surface area contributed by atoms with Crippen molar-refractivity contribution in [3.63, 3.8) is 0 Å². The van der Waals surface area contributed by atoms with E-state index >= 15 is 0 Å². The molecule has 0 saturated carbocycles. The summed E-state index contributed by atoms with van der Waals surface area (Å²) in [6.07, 6.45) is 0. The molecule has 0 amide bonds. The predicted octanol–water partition coefficient (Wildman–Crippen LogP) is 3.82. The average molecular weight is 256 g/mol. The first-order valence-corrected chi connectivity index (χ1v) is 5.93. The lowest BCUT2D eigenvalue weighted by atomic mass is 10.1.